The summed E-state index contributed by atoms with van der Waals surface area (Å²) in [7, 11) is 0. The fourth-order valence-corrected chi connectivity index (χ4v) is 2.29. The molecule has 106 valence electrons. The molecule has 1 aliphatic rings. The van der Waals surface area contributed by atoms with Crippen LogP contribution in [0.5, 0.6) is 0 Å². The summed E-state index contributed by atoms with van der Waals surface area (Å²) >= 11 is 6.21. The Hall–Kier alpha value is -0.870. The van der Waals surface area contributed by atoms with Gasteiger partial charge < -0.3 is 10.1 Å². The Labute approximate surface area is 119 Å². The van der Waals surface area contributed by atoms with E-state index in [1.165, 1.54) is 0 Å². The number of ether oxygens (including phenoxy) is 1. The van der Waals surface area contributed by atoms with Crippen molar-refractivity contribution in [1.82, 2.24) is 9.97 Å². The van der Waals surface area contributed by atoms with Crippen LogP contribution in [0.3, 0.4) is 0 Å². The molecule has 0 amide bonds. The van der Waals surface area contributed by atoms with Crippen molar-refractivity contribution in [3.05, 3.63) is 16.5 Å². The molecule has 0 bridgehead atoms. The first kappa shape index (κ1) is 14.5. The SMILES string of the molecule is Cc1c(Cl)nc(C(C)C)nc1NC1(C)CCOCC1. The number of hydrogen-bond acceptors (Lipinski definition) is 4. The van der Waals surface area contributed by atoms with E-state index in [9.17, 15) is 0 Å². The Kier molecular flexibility index (Phi) is 4.31. The predicted molar refractivity (Wildman–Crippen MR) is 77.9 cm³/mol. The van der Waals surface area contributed by atoms with Crippen LogP contribution in [0.2, 0.25) is 5.15 Å². The van der Waals surface area contributed by atoms with Crippen LogP contribution in [0.4, 0.5) is 5.82 Å². The van der Waals surface area contributed by atoms with E-state index < -0.39 is 0 Å². The predicted octanol–water partition coefficient (Wildman–Crippen LogP) is 3.54. The molecular formula is C14H22ClN3O. The van der Waals surface area contributed by atoms with Gasteiger partial charge in [0.15, 0.2) is 0 Å². The largest absolute Gasteiger partial charge is 0.381 e. The third-order valence-corrected chi connectivity index (χ3v) is 4.00. The molecule has 1 aromatic rings. The van der Waals surface area contributed by atoms with Crippen molar-refractivity contribution >= 4 is 17.4 Å². The van der Waals surface area contributed by atoms with Gasteiger partial charge in [0.25, 0.3) is 0 Å². The number of rotatable bonds is 3. The van der Waals surface area contributed by atoms with Crippen LogP contribution in [0, 0.1) is 6.92 Å². The molecule has 0 aromatic carbocycles. The lowest BCUT2D eigenvalue weighted by Crippen LogP contribution is -2.41. The third kappa shape index (κ3) is 3.37. The minimum atomic E-state index is 0.0228. The van der Waals surface area contributed by atoms with E-state index in [0.29, 0.717) is 5.15 Å². The quantitative estimate of drug-likeness (QED) is 0.862. The highest BCUT2D eigenvalue weighted by Gasteiger charge is 2.28. The standard InChI is InChI=1S/C14H22ClN3O/c1-9(2)12-16-11(15)10(3)13(17-12)18-14(4)5-7-19-8-6-14/h9H,5-8H2,1-4H3,(H,16,17,18). The van der Waals surface area contributed by atoms with Gasteiger partial charge in [-0.3, -0.25) is 0 Å². The van der Waals surface area contributed by atoms with E-state index in [1.54, 1.807) is 0 Å². The molecule has 0 aliphatic carbocycles. The zero-order chi connectivity index (χ0) is 14.0. The summed E-state index contributed by atoms with van der Waals surface area (Å²) in [5.74, 6) is 1.91. The van der Waals surface area contributed by atoms with Crippen LogP contribution < -0.4 is 5.32 Å². The highest BCUT2D eigenvalue weighted by molar-refractivity contribution is 6.30. The van der Waals surface area contributed by atoms with Gasteiger partial charge >= 0.3 is 0 Å². The van der Waals surface area contributed by atoms with Crippen molar-refractivity contribution in [2.45, 2.75) is 52.0 Å². The maximum absolute atomic E-state index is 6.21. The zero-order valence-electron chi connectivity index (χ0n) is 12.1. The van der Waals surface area contributed by atoms with Crippen molar-refractivity contribution in [2.24, 2.45) is 0 Å². The fraction of sp³-hybridized carbons (Fsp3) is 0.714. The number of halogens is 1. The second-order valence-corrected chi connectivity index (χ2v) is 6.16. The van der Waals surface area contributed by atoms with Crippen LogP contribution in [-0.2, 0) is 4.74 Å². The minimum Gasteiger partial charge on any atom is -0.381 e. The number of nitrogens with one attached hydrogen (secondary N) is 1. The lowest BCUT2D eigenvalue weighted by Gasteiger charge is -2.35. The van der Waals surface area contributed by atoms with Crippen LogP contribution in [-0.4, -0.2) is 28.7 Å². The van der Waals surface area contributed by atoms with Gasteiger partial charge in [0.1, 0.15) is 16.8 Å². The highest BCUT2D eigenvalue weighted by atomic mass is 35.5. The van der Waals surface area contributed by atoms with Crippen LogP contribution in [0.1, 0.15) is 50.9 Å². The van der Waals surface area contributed by atoms with E-state index in [0.717, 1.165) is 43.3 Å². The first-order chi connectivity index (χ1) is 8.91. The van der Waals surface area contributed by atoms with Gasteiger partial charge in [0.05, 0.1) is 0 Å². The number of nitrogens with zero attached hydrogens (tertiary/aromatic N) is 2. The van der Waals surface area contributed by atoms with Crippen molar-refractivity contribution in [3.63, 3.8) is 0 Å². The van der Waals surface area contributed by atoms with Gasteiger partial charge in [-0.05, 0) is 26.7 Å². The molecule has 2 rings (SSSR count). The Morgan fingerprint density at radius 1 is 1.26 bits per heavy atom. The second-order valence-electron chi connectivity index (χ2n) is 5.80. The van der Waals surface area contributed by atoms with Crippen LogP contribution in [0.15, 0.2) is 0 Å². The highest BCUT2D eigenvalue weighted by Crippen LogP contribution is 2.29. The number of aromatic nitrogens is 2. The smallest absolute Gasteiger partial charge is 0.137 e. The molecular weight excluding hydrogens is 262 g/mol. The summed E-state index contributed by atoms with van der Waals surface area (Å²) in [6.07, 6.45) is 1.95. The summed E-state index contributed by atoms with van der Waals surface area (Å²) < 4.78 is 5.42. The molecule has 1 fully saturated rings. The molecule has 1 saturated heterocycles. The minimum absolute atomic E-state index is 0.0228. The van der Waals surface area contributed by atoms with Crippen LogP contribution >= 0.6 is 11.6 Å². The Morgan fingerprint density at radius 3 is 2.47 bits per heavy atom. The molecule has 1 aromatic heterocycles. The first-order valence-electron chi connectivity index (χ1n) is 6.81. The van der Waals surface area contributed by atoms with Crippen molar-refractivity contribution in [2.75, 3.05) is 18.5 Å². The molecule has 0 radical (unpaired) electrons. The van der Waals surface area contributed by atoms with E-state index in [4.69, 9.17) is 16.3 Å². The molecule has 0 atom stereocenters. The van der Waals surface area contributed by atoms with Gasteiger partial charge in [0.2, 0.25) is 0 Å². The Bertz CT molecular complexity index is 456. The molecule has 5 heteroatoms. The number of anilines is 1. The van der Waals surface area contributed by atoms with Crippen molar-refractivity contribution in [3.8, 4) is 0 Å². The fourth-order valence-electron chi connectivity index (χ4n) is 2.12. The summed E-state index contributed by atoms with van der Waals surface area (Å²) in [5, 5.41) is 4.08. The molecule has 1 N–H and O–H groups in total. The summed E-state index contributed by atoms with van der Waals surface area (Å²) in [6, 6.07) is 0. The van der Waals surface area contributed by atoms with E-state index >= 15 is 0 Å². The normalized spacial score (nSPS) is 18.6. The van der Waals surface area contributed by atoms with Gasteiger partial charge in [-0.1, -0.05) is 25.4 Å². The van der Waals surface area contributed by atoms with Crippen LogP contribution in [0.25, 0.3) is 0 Å². The molecule has 0 unspecified atom stereocenters. The van der Waals surface area contributed by atoms with Crippen molar-refractivity contribution < 1.29 is 4.74 Å². The molecule has 4 nitrogen and oxygen atoms in total. The number of hydrogen-bond donors (Lipinski definition) is 1. The molecule has 19 heavy (non-hydrogen) atoms. The molecule has 0 saturated carbocycles. The lowest BCUT2D eigenvalue weighted by molar-refractivity contribution is 0.0657. The monoisotopic (exact) mass is 283 g/mol. The second kappa shape index (κ2) is 5.63. The zero-order valence-corrected chi connectivity index (χ0v) is 12.8. The molecule has 0 spiro atoms. The van der Waals surface area contributed by atoms with Gasteiger partial charge in [-0.2, -0.15) is 0 Å². The van der Waals surface area contributed by atoms with E-state index in [-0.39, 0.29) is 11.5 Å². The van der Waals surface area contributed by atoms with E-state index in [2.05, 4.69) is 36.1 Å². The van der Waals surface area contributed by atoms with Gasteiger partial charge in [-0.25, -0.2) is 9.97 Å². The summed E-state index contributed by atoms with van der Waals surface area (Å²) in [6.45, 7) is 9.89. The third-order valence-electron chi connectivity index (χ3n) is 3.64. The first-order valence-corrected chi connectivity index (χ1v) is 7.19. The van der Waals surface area contributed by atoms with Gasteiger partial charge in [-0.15, -0.1) is 0 Å². The average molecular weight is 284 g/mol. The maximum Gasteiger partial charge on any atom is 0.137 e. The summed E-state index contributed by atoms with van der Waals surface area (Å²) in [5.41, 5.74) is 0.938. The average Bonchev–Trinajstić information content (AvgIpc) is 2.35. The topological polar surface area (TPSA) is 47.0 Å². The molecule has 2 heterocycles. The van der Waals surface area contributed by atoms with E-state index in [1.807, 2.05) is 6.92 Å². The Morgan fingerprint density at radius 2 is 1.89 bits per heavy atom. The lowest BCUT2D eigenvalue weighted by atomic mass is 9.92. The van der Waals surface area contributed by atoms with Crippen molar-refractivity contribution in [1.29, 1.82) is 0 Å². The maximum atomic E-state index is 6.21. The Balaban J connectivity index is 2.28. The molecule has 1 aliphatic heterocycles. The summed E-state index contributed by atoms with van der Waals surface area (Å²) in [4.78, 5) is 8.96. The van der Waals surface area contributed by atoms with Gasteiger partial charge in [0, 0.05) is 30.2 Å².